The Morgan fingerprint density at radius 1 is 1.22 bits per heavy atom. The Morgan fingerprint density at radius 2 is 1.94 bits per heavy atom. The van der Waals surface area contributed by atoms with Gasteiger partial charge in [-0.1, -0.05) is 12.1 Å². The summed E-state index contributed by atoms with van der Waals surface area (Å²) in [6, 6.07) is 7.70. The molecule has 1 aromatic rings. The lowest BCUT2D eigenvalue weighted by Crippen LogP contribution is -2.43. The summed E-state index contributed by atoms with van der Waals surface area (Å²) in [4.78, 5) is 1.05. The molecule has 98 valence electrons. The highest BCUT2D eigenvalue weighted by Gasteiger charge is 2.36. The van der Waals surface area contributed by atoms with Crippen molar-refractivity contribution >= 4 is 27.5 Å². The number of sulfonamides is 1. The van der Waals surface area contributed by atoms with Crippen LogP contribution in [0.2, 0.25) is 0 Å². The lowest BCUT2D eigenvalue weighted by Gasteiger charge is -2.31. The quantitative estimate of drug-likeness (QED) is 0.824. The van der Waals surface area contributed by atoms with Gasteiger partial charge in [0.05, 0.1) is 5.69 Å². The van der Waals surface area contributed by atoms with Crippen molar-refractivity contribution in [3.63, 3.8) is 0 Å². The summed E-state index contributed by atoms with van der Waals surface area (Å²) in [7, 11) is -3.28. The molecule has 1 fully saturated rings. The van der Waals surface area contributed by atoms with Crippen LogP contribution in [-0.2, 0) is 10.0 Å². The molecular formula is C11H15N3O2S2. The summed E-state index contributed by atoms with van der Waals surface area (Å²) in [6.45, 7) is 1.49. The molecule has 1 aromatic carbocycles. The molecule has 0 amide bonds. The number of benzene rings is 1. The summed E-state index contributed by atoms with van der Waals surface area (Å²) >= 11 is 1.71. The standard InChI is InChI=1S/C11H15N3O2S2/c15-18(16,9-7-12-13-8-9)14-5-6-17-11-4-2-1-3-10(11)14/h1-4,9,12-13H,5-8H2. The molecule has 18 heavy (non-hydrogen) atoms. The minimum absolute atomic E-state index is 0.381. The van der Waals surface area contributed by atoms with Crippen LogP contribution in [0.4, 0.5) is 5.69 Å². The molecule has 7 heteroatoms. The molecule has 0 bridgehead atoms. The highest BCUT2D eigenvalue weighted by atomic mass is 32.2. The topological polar surface area (TPSA) is 61.4 Å². The van der Waals surface area contributed by atoms with Gasteiger partial charge in [-0.25, -0.2) is 8.42 Å². The molecule has 3 rings (SSSR count). The summed E-state index contributed by atoms with van der Waals surface area (Å²) in [5.41, 5.74) is 6.58. The number of fused-ring (bicyclic) bond motifs is 1. The molecule has 2 N–H and O–H groups in total. The average molecular weight is 285 g/mol. The molecule has 0 radical (unpaired) electrons. The molecule has 2 aliphatic heterocycles. The van der Waals surface area contributed by atoms with Crippen LogP contribution in [0.1, 0.15) is 0 Å². The fraction of sp³-hybridized carbons (Fsp3) is 0.455. The van der Waals surface area contributed by atoms with Gasteiger partial charge in [-0.05, 0) is 12.1 Å². The van der Waals surface area contributed by atoms with E-state index in [1.165, 1.54) is 0 Å². The number of nitrogens with one attached hydrogen (secondary N) is 2. The van der Waals surface area contributed by atoms with E-state index in [-0.39, 0.29) is 5.25 Å². The third kappa shape index (κ3) is 2.01. The number of hydrogen-bond acceptors (Lipinski definition) is 5. The van der Waals surface area contributed by atoms with Gasteiger partial charge in [0, 0.05) is 30.3 Å². The van der Waals surface area contributed by atoms with Crippen LogP contribution >= 0.6 is 11.8 Å². The first-order valence-electron chi connectivity index (χ1n) is 5.89. The highest BCUT2D eigenvalue weighted by Crippen LogP contribution is 2.36. The Balaban J connectivity index is 1.98. The van der Waals surface area contributed by atoms with Gasteiger partial charge in [0.15, 0.2) is 0 Å². The van der Waals surface area contributed by atoms with E-state index in [1.807, 2.05) is 24.3 Å². The summed E-state index contributed by atoms with van der Waals surface area (Å²) < 4.78 is 26.7. The maximum Gasteiger partial charge on any atom is 0.240 e. The zero-order valence-corrected chi connectivity index (χ0v) is 11.4. The molecule has 0 aliphatic carbocycles. The molecule has 0 spiro atoms. The molecule has 2 heterocycles. The lowest BCUT2D eigenvalue weighted by molar-refractivity contribution is 0.580. The minimum atomic E-state index is -3.28. The fourth-order valence-electron chi connectivity index (χ4n) is 2.24. The number of thioether (sulfide) groups is 1. The van der Waals surface area contributed by atoms with Gasteiger partial charge >= 0.3 is 0 Å². The smallest absolute Gasteiger partial charge is 0.240 e. The first-order chi connectivity index (χ1) is 8.69. The van der Waals surface area contributed by atoms with Crippen LogP contribution in [0.5, 0.6) is 0 Å². The zero-order valence-electron chi connectivity index (χ0n) is 9.80. The van der Waals surface area contributed by atoms with Gasteiger partial charge in [0.25, 0.3) is 0 Å². The normalized spacial score (nSPS) is 21.0. The third-order valence-corrected chi connectivity index (χ3v) is 6.41. The molecular weight excluding hydrogens is 270 g/mol. The van der Waals surface area contributed by atoms with Crippen LogP contribution in [0.25, 0.3) is 0 Å². The Bertz CT molecular complexity index is 541. The van der Waals surface area contributed by atoms with Gasteiger partial charge in [-0.15, -0.1) is 11.8 Å². The van der Waals surface area contributed by atoms with Gasteiger partial charge in [-0.3, -0.25) is 15.2 Å². The van der Waals surface area contributed by atoms with E-state index in [2.05, 4.69) is 10.9 Å². The van der Waals surface area contributed by atoms with E-state index < -0.39 is 10.0 Å². The predicted octanol–water partition coefficient (Wildman–Crippen LogP) is 0.405. The average Bonchev–Trinajstić information content (AvgIpc) is 2.92. The van der Waals surface area contributed by atoms with Crippen molar-refractivity contribution in [1.29, 1.82) is 0 Å². The Labute approximate surface area is 111 Å². The zero-order chi connectivity index (χ0) is 12.6. The first-order valence-corrected chi connectivity index (χ1v) is 8.37. The van der Waals surface area contributed by atoms with E-state index in [0.29, 0.717) is 19.6 Å². The first kappa shape index (κ1) is 12.3. The van der Waals surface area contributed by atoms with Crippen molar-refractivity contribution in [2.24, 2.45) is 0 Å². The van der Waals surface area contributed by atoms with Crippen LogP contribution in [0.15, 0.2) is 29.2 Å². The highest BCUT2D eigenvalue weighted by molar-refractivity contribution is 8.00. The Morgan fingerprint density at radius 3 is 2.72 bits per heavy atom. The molecule has 1 saturated heterocycles. The van der Waals surface area contributed by atoms with Crippen molar-refractivity contribution in [1.82, 2.24) is 10.9 Å². The van der Waals surface area contributed by atoms with Crippen molar-refractivity contribution in [2.75, 3.05) is 29.7 Å². The summed E-state index contributed by atoms with van der Waals surface area (Å²) in [5, 5.41) is -0.381. The van der Waals surface area contributed by atoms with Crippen molar-refractivity contribution in [2.45, 2.75) is 10.1 Å². The summed E-state index contributed by atoms with van der Waals surface area (Å²) in [5.74, 6) is 0.809. The van der Waals surface area contributed by atoms with E-state index in [4.69, 9.17) is 0 Å². The van der Waals surface area contributed by atoms with E-state index >= 15 is 0 Å². The van der Waals surface area contributed by atoms with Crippen LogP contribution in [-0.4, -0.2) is 39.1 Å². The number of para-hydroxylation sites is 1. The Hall–Kier alpha value is -0.760. The molecule has 5 nitrogen and oxygen atoms in total. The fourth-order valence-corrected chi connectivity index (χ4v) is 5.14. The molecule has 0 unspecified atom stereocenters. The monoisotopic (exact) mass is 285 g/mol. The summed E-state index contributed by atoms with van der Waals surface area (Å²) in [6.07, 6.45) is 0. The number of hydrazine groups is 1. The second-order valence-corrected chi connectivity index (χ2v) is 7.59. The van der Waals surface area contributed by atoms with Crippen molar-refractivity contribution in [3.05, 3.63) is 24.3 Å². The maximum atomic E-state index is 12.6. The van der Waals surface area contributed by atoms with E-state index in [9.17, 15) is 8.42 Å². The van der Waals surface area contributed by atoms with E-state index in [0.717, 1.165) is 16.3 Å². The lowest BCUT2D eigenvalue weighted by atomic mass is 10.3. The molecule has 0 saturated carbocycles. The van der Waals surface area contributed by atoms with Crippen LogP contribution in [0, 0.1) is 0 Å². The van der Waals surface area contributed by atoms with Gasteiger partial charge < -0.3 is 0 Å². The number of hydrogen-bond donors (Lipinski definition) is 2. The predicted molar refractivity (Wildman–Crippen MR) is 73.2 cm³/mol. The van der Waals surface area contributed by atoms with Gasteiger partial charge in [0.2, 0.25) is 10.0 Å². The van der Waals surface area contributed by atoms with Gasteiger partial charge in [-0.2, -0.15) is 0 Å². The largest absolute Gasteiger partial charge is 0.268 e. The minimum Gasteiger partial charge on any atom is -0.268 e. The molecule has 2 aliphatic rings. The number of nitrogens with zero attached hydrogens (tertiary/aromatic N) is 1. The van der Waals surface area contributed by atoms with Crippen LogP contribution in [0.3, 0.4) is 0 Å². The van der Waals surface area contributed by atoms with Gasteiger partial charge in [0.1, 0.15) is 5.25 Å². The van der Waals surface area contributed by atoms with Crippen molar-refractivity contribution < 1.29 is 8.42 Å². The van der Waals surface area contributed by atoms with E-state index in [1.54, 1.807) is 16.1 Å². The third-order valence-electron chi connectivity index (χ3n) is 3.20. The SMILES string of the molecule is O=S(=O)(C1CNNC1)N1CCSc2ccccc21. The second-order valence-electron chi connectivity index (χ2n) is 4.32. The molecule has 0 aromatic heterocycles. The van der Waals surface area contributed by atoms with Crippen molar-refractivity contribution in [3.8, 4) is 0 Å². The Kier molecular flexibility index (Phi) is 3.23. The molecule has 0 atom stereocenters. The maximum absolute atomic E-state index is 12.6. The number of anilines is 1. The van der Waals surface area contributed by atoms with Crippen LogP contribution < -0.4 is 15.2 Å². The number of rotatable bonds is 2. The second kappa shape index (κ2) is 4.73.